The molecule has 1 aromatic rings. The summed E-state index contributed by atoms with van der Waals surface area (Å²) < 4.78 is 40.0. The molecule has 0 heterocycles. The molecule has 0 fully saturated rings. The van der Waals surface area contributed by atoms with Gasteiger partial charge in [0.25, 0.3) is 0 Å². The van der Waals surface area contributed by atoms with E-state index in [1.807, 2.05) is 6.07 Å². The lowest BCUT2D eigenvalue weighted by Gasteiger charge is -2.10. The first kappa shape index (κ1) is 14.2. The van der Waals surface area contributed by atoms with Gasteiger partial charge in [0.2, 0.25) is 0 Å². The SMILES string of the molecule is FC(F)(F)COCCCNc1ccc2c(c1)CCC2. The summed E-state index contributed by atoms with van der Waals surface area (Å²) in [6.07, 6.45) is -0.176. The van der Waals surface area contributed by atoms with Crippen LogP contribution in [0.15, 0.2) is 18.2 Å². The summed E-state index contributed by atoms with van der Waals surface area (Å²) in [6, 6.07) is 6.30. The maximum Gasteiger partial charge on any atom is 0.411 e. The van der Waals surface area contributed by atoms with E-state index in [-0.39, 0.29) is 6.61 Å². The standard InChI is InChI=1S/C14H18F3NO/c15-14(16,17)10-19-8-2-7-18-13-6-5-11-3-1-4-12(11)9-13/h5-6,9,18H,1-4,7-8,10H2. The Labute approximate surface area is 111 Å². The van der Waals surface area contributed by atoms with Gasteiger partial charge in [-0.1, -0.05) is 6.07 Å². The topological polar surface area (TPSA) is 21.3 Å². The van der Waals surface area contributed by atoms with Crippen molar-refractivity contribution in [3.63, 3.8) is 0 Å². The Bertz CT molecular complexity index is 418. The number of aryl methyl sites for hydroxylation is 2. The Morgan fingerprint density at radius 3 is 2.74 bits per heavy atom. The van der Waals surface area contributed by atoms with Crippen molar-refractivity contribution in [3.8, 4) is 0 Å². The Morgan fingerprint density at radius 1 is 1.16 bits per heavy atom. The fourth-order valence-corrected chi connectivity index (χ4v) is 2.28. The van der Waals surface area contributed by atoms with E-state index in [2.05, 4.69) is 22.2 Å². The highest BCUT2D eigenvalue weighted by atomic mass is 19.4. The molecule has 19 heavy (non-hydrogen) atoms. The maximum atomic E-state index is 11.8. The summed E-state index contributed by atoms with van der Waals surface area (Å²) in [5.74, 6) is 0. The van der Waals surface area contributed by atoms with Gasteiger partial charge in [-0.15, -0.1) is 0 Å². The molecule has 0 radical (unpaired) electrons. The number of ether oxygens (including phenoxy) is 1. The van der Waals surface area contributed by atoms with Crippen molar-refractivity contribution in [1.82, 2.24) is 0 Å². The summed E-state index contributed by atoms with van der Waals surface area (Å²) >= 11 is 0. The second-order valence-electron chi connectivity index (χ2n) is 4.79. The van der Waals surface area contributed by atoms with E-state index in [1.165, 1.54) is 17.5 Å². The number of anilines is 1. The lowest BCUT2D eigenvalue weighted by Crippen LogP contribution is -2.18. The van der Waals surface area contributed by atoms with Crippen LogP contribution in [0.3, 0.4) is 0 Å². The molecule has 2 rings (SSSR count). The quantitative estimate of drug-likeness (QED) is 0.800. The van der Waals surface area contributed by atoms with E-state index in [4.69, 9.17) is 0 Å². The minimum absolute atomic E-state index is 0.122. The van der Waals surface area contributed by atoms with E-state index in [1.54, 1.807) is 0 Å². The molecule has 106 valence electrons. The van der Waals surface area contributed by atoms with Crippen molar-refractivity contribution in [1.29, 1.82) is 0 Å². The predicted molar refractivity (Wildman–Crippen MR) is 68.4 cm³/mol. The molecule has 0 unspecified atom stereocenters. The molecule has 2 nitrogen and oxygen atoms in total. The van der Waals surface area contributed by atoms with Crippen LogP contribution in [-0.4, -0.2) is 25.9 Å². The summed E-state index contributed by atoms with van der Waals surface area (Å²) in [5.41, 5.74) is 3.84. The molecule has 1 aliphatic carbocycles. The third kappa shape index (κ3) is 4.74. The van der Waals surface area contributed by atoms with Crippen LogP contribution in [0, 0.1) is 0 Å². The van der Waals surface area contributed by atoms with Crippen molar-refractivity contribution in [3.05, 3.63) is 29.3 Å². The zero-order valence-corrected chi connectivity index (χ0v) is 10.7. The highest BCUT2D eigenvalue weighted by Gasteiger charge is 2.27. The highest BCUT2D eigenvalue weighted by molar-refractivity contribution is 5.50. The Kier molecular flexibility index (Phi) is 4.69. The third-order valence-corrected chi connectivity index (χ3v) is 3.16. The molecule has 0 saturated heterocycles. The van der Waals surface area contributed by atoms with Gasteiger partial charge >= 0.3 is 6.18 Å². The number of fused-ring (bicyclic) bond motifs is 1. The van der Waals surface area contributed by atoms with E-state index < -0.39 is 12.8 Å². The van der Waals surface area contributed by atoms with Crippen LogP contribution < -0.4 is 5.32 Å². The van der Waals surface area contributed by atoms with Crippen LogP contribution in [0.1, 0.15) is 24.0 Å². The minimum atomic E-state index is -4.23. The fourth-order valence-electron chi connectivity index (χ4n) is 2.28. The third-order valence-electron chi connectivity index (χ3n) is 3.16. The largest absolute Gasteiger partial charge is 0.411 e. The number of nitrogens with one attached hydrogen (secondary N) is 1. The Morgan fingerprint density at radius 2 is 1.95 bits per heavy atom. The van der Waals surface area contributed by atoms with Crippen LogP contribution in [0.5, 0.6) is 0 Å². The molecule has 0 atom stereocenters. The summed E-state index contributed by atoms with van der Waals surface area (Å²) in [6.45, 7) is -0.417. The molecule has 0 aromatic heterocycles. The first-order valence-electron chi connectivity index (χ1n) is 6.55. The average molecular weight is 273 g/mol. The lowest BCUT2D eigenvalue weighted by atomic mass is 10.1. The molecule has 0 amide bonds. The fraction of sp³-hybridized carbons (Fsp3) is 0.571. The molecular weight excluding hydrogens is 255 g/mol. The average Bonchev–Trinajstić information content (AvgIpc) is 2.79. The second kappa shape index (κ2) is 6.28. The predicted octanol–water partition coefficient (Wildman–Crippen LogP) is 3.56. The Balaban J connectivity index is 1.63. The van der Waals surface area contributed by atoms with Gasteiger partial charge in [0.1, 0.15) is 6.61 Å². The summed E-state index contributed by atoms with van der Waals surface area (Å²) in [5, 5.41) is 3.21. The van der Waals surface area contributed by atoms with Gasteiger partial charge in [-0.05, 0) is 48.9 Å². The number of hydrogen-bond acceptors (Lipinski definition) is 2. The van der Waals surface area contributed by atoms with Crippen LogP contribution in [-0.2, 0) is 17.6 Å². The molecule has 0 saturated carbocycles. The first-order valence-corrected chi connectivity index (χ1v) is 6.55. The van der Waals surface area contributed by atoms with E-state index in [0.29, 0.717) is 13.0 Å². The molecule has 1 N–H and O–H groups in total. The van der Waals surface area contributed by atoms with Crippen molar-refractivity contribution in [2.24, 2.45) is 0 Å². The van der Waals surface area contributed by atoms with E-state index in [0.717, 1.165) is 18.5 Å². The molecule has 1 aromatic carbocycles. The van der Waals surface area contributed by atoms with Crippen LogP contribution in [0.25, 0.3) is 0 Å². The molecule has 0 spiro atoms. The number of hydrogen-bond donors (Lipinski definition) is 1. The van der Waals surface area contributed by atoms with Crippen LogP contribution in [0.2, 0.25) is 0 Å². The molecular formula is C14H18F3NO. The molecule has 0 bridgehead atoms. The van der Waals surface area contributed by atoms with Gasteiger partial charge in [-0.3, -0.25) is 0 Å². The van der Waals surface area contributed by atoms with Gasteiger partial charge in [-0.2, -0.15) is 13.2 Å². The number of benzene rings is 1. The second-order valence-corrected chi connectivity index (χ2v) is 4.79. The zero-order valence-electron chi connectivity index (χ0n) is 10.7. The van der Waals surface area contributed by atoms with Gasteiger partial charge in [-0.25, -0.2) is 0 Å². The van der Waals surface area contributed by atoms with Crippen molar-refractivity contribution >= 4 is 5.69 Å². The van der Waals surface area contributed by atoms with Crippen molar-refractivity contribution in [2.45, 2.75) is 31.9 Å². The number of alkyl halides is 3. The summed E-state index contributed by atoms with van der Waals surface area (Å²) in [4.78, 5) is 0. The lowest BCUT2D eigenvalue weighted by molar-refractivity contribution is -0.173. The van der Waals surface area contributed by atoms with Crippen molar-refractivity contribution in [2.75, 3.05) is 25.1 Å². The number of halogens is 3. The van der Waals surface area contributed by atoms with E-state index >= 15 is 0 Å². The highest BCUT2D eigenvalue weighted by Crippen LogP contribution is 2.24. The van der Waals surface area contributed by atoms with E-state index in [9.17, 15) is 13.2 Å². The molecule has 1 aliphatic rings. The normalized spacial score (nSPS) is 14.5. The molecule has 5 heteroatoms. The summed E-state index contributed by atoms with van der Waals surface area (Å²) in [7, 11) is 0. The van der Waals surface area contributed by atoms with Gasteiger partial charge in [0.15, 0.2) is 0 Å². The smallest absolute Gasteiger partial charge is 0.385 e. The van der Waals surface area contributed by atoms with Crippen LogP contribution in [0.4, 0.5) is 18.9 Å². The van der Waals surface area contributed by atoms with Gasteiger partial charge in [0.05, 0.1) is 0 Å². The maximum absolute atomic E-state index is 11.8. The van der Waals surface area contributed by atoms with Gasteiger partial charge in [0, 0.05) is 18.8 Å². The van der Waals surface area contributed by atoms with Crippen LogP contribution >= 0.6 is 0 Å². The first-order chi connectivity index (χ1) is 9.04. The minimum Gasteiger partial charge on any atom is -0.385 e. The Hall–Kier alpha value is -1.23. The van der Waals surface area contributed by atoms with Gasteiger partial charge < -0.3 is 10.1 Å². The van der Waals surface area contributed by atoms with Crippen molar-refractivity contribution < 1.29 is 17.9 Å². The molecule has 0 aliphatic heterocycles. The number of rotatable bonds is 6. The monoisotopic (exact) mass is 273 g/mol. The zero-order chi connectivity index (χ0) is 13.7.